The molecule has 0 aliphatic carbocycles. The van der Waals surface area contributed by atoms with E-state index in [9.17, 15) is 18.0 Å². The molecule has 27 heavy (non-hydrogen) atoms. The first-order valence-corrected chi connectivity index (χ1v) is 9.53. The number of halogens is 3. The number of nitrogens with one attached hydrogen (secondary N) is 1. The second-order valence-electron chi connectivity index (χ2n) is 7.71. The van der Waals surface area contributed by atoms with Gasteiger partial charge >= 0.3 is 6.18 Å². The van der Waals surface area contributed by atoms with Gasteiger partial charge in [0.05, 0.1) is 17.3 Å². The van der Waals surface area contributed by atoms with Crippen LogP contribution in [-0.4, -0.2) is 22.9 Å². The topological polar surface area (TPSA) is 45.2 Å². The normalized spacial score (nSPS) is 18.2. The maximum atomic E-state index is 12.7. The van der Waals surface area contributed by atoms with Gasteiger partial charge in [-0.1, -0.05) is 20.8 Å². The maximum Gasteiger partial charge on any atom is 0.416 e. The lowest BCUT2D eigenvalue weighted by Gasteiger charge is -2.25. The van der Waals surface area contributed by atoms with Crippen molar-refractivity contribution in [2.45, 2.75) is 51.2 Å². The Morgan fingerprint density at radius 3 is 2.44 bits per heavy atom. The van der Waals surface area contributed by atoms with Crippen LogP contribution in [0, 0.1) is 0 Å². The SMILES string of the molecule is CC(C)(C)c1cc(NCC2CCC(=O)N2c2ccc(C(F)(F)F)cc2)sn1. The molecule has 8 heteroatoms. The summed E-state index contributed by atoms with van der Waals surface area (Å²) in [5.41, 5.74) is 0.743. The number of carbonyl (C=O) groups excluding carboxylic acids is 1. The molecule has 146 valence electrons. The van der Waals surface area contributed by atoms with Crippen LogP contribution in [0.2, 0.25) is 0 Å². The maximum absolute atomic E-state index is 12.7. The lowest BCUT2D eigenvalue weighted by Crippen LogP contribution is -2.37. The predicted molar refractivity (Wildman–Crippen MR) is 101 cm³/mol. The summed E-state index contributed by atoms with van der Waals surface area (Å²) in [6.45, 7) is 6.80. The highest BCUT2D eigenvalue weighted by Crippen LogP contribution is 2.33. The van der Waals surface area contributed by atoms with Gasteiger partial charge in [0.25, 0.3) is 0 Å². The zero-order valence-corrected chi connectivity index (χ0v) is 16.2. The highest BCUT2D eigenvalue weighted by Gasteiger charge is 2.34. The number of hydrogen-bond acceptors (Lipinski definition) is 4. The van der Waals surface area contributed by atoms with Crippen LogP contribution in [0.3, 0.4) is 0 Å². The average molecular weight is 397 g/mol. The predicted octanol–water partition coefficient (Wildman–Crippen LogP) is 5.07. The molecule has 3 rings (SSSR count). The van der Waals surface area contributed by atoms with Crippen LogP contribution in [0.25, 0.3) is 0 Å². The number of aromatic nitrogens is 1. The molecule has 0 saturated carbocycles. The molecule has 1 N–H and O–H groups in total. The van der Waals surface area contributed by atoms with Crippen LogP contribution in [0.5, 0.6) is 0 Å². The van der Waals surface area contributed by atoms with Crippen molar-refractivity contribution in [2.24, 2.45) is 0 Å². The van der Waals surface area contributed by atoms with E-state index < -0.39 is 11.7 Å². The quantitative estimate of drug-likeness (QED) is 0.784. The van der Waals surface area contributed by atoms with Gasteiger partial charge in [0.2, 0.25) is 5.91 Å². The number of hydrogen-bond donors (Lipinski definition) is 1. The van der Waals surface area contributed by atoms with Gasteiger partial charge in [-0.3, -0.25) is 4.79 Å². The van der Waals surface area contributed by atoms with Crippen molar-refractivity contribution in [1.82, 2.24) is 4.37 Å². The molecule has 1 aliphatic heterocycles. The first-order chi connectivity index (χ1) is 12.6. The Balaban J connectivity index is 1.70. The molecule has 2 aromatic rings. The van der Waals surface area contributed by atoms with Crippen LogP contribution in [0.4, 0.5) is 23.9 Å². The summed E-state index contributed by atoms with van der Waals surface area (Å²) in [6.07, 6.45) is -3.33. The number of anilines is 2. The van der Waals surface area contributed by atoms with Crippen LogP contribution in [0.1, 0.15) is 44.9 Å². The van der Waals surface area contributed by atoms with Crippen LogP contribution in [0.15, 0.2) is 30.3 Å². The van der Waals surface area contributed by atoms with Gasteiger partial charge < -0.3 is 10.2 Å². The molecule has 0 spiro atoms. The zero-order valence-electron chi connectivity index (χ0n) is 15.4. The van der Waals surface area contributed by atoms with Crippen molar-refractivity contribution in [2.75, 3.05) is 16.8 Å². The minimum absolute atomic E-state index is 0.0357. The molecule has 0 bridgehead atoms. The van der Waals surface area contributed by atoms with E-state index >= 15 is 0 Å². The fraction of sp³-hybridized carbons (Fsp3) is 0.474. The van der Waals surface area contributed by atoms with E-state index in [4.69, 9.17) is 0 Å². The van der Waals surface area contributed by atoms with Crippen LogP contribution < -0.4 is 10.2 Å². The monoisotopic (exact) mass is 397 g/mol. The zero-order chi connectivity index (χ0) is 19.8. The first-order valence-electron chi connectivity index (χ1n) is 8.76. The van der Waals surface area contributed by atoms with Crippen molar-refractivity contribution < 1.29 is 18.0 Å². The summed E-state index contributed by atoms with van der Waals surface area (Å²) in [5.74, 6) is -0.0683. The molecule has 2 heterocycles. The summed E-state index contributed by atoms with van der Waals surface area (Å²) in [6, 6.07) is 6.67. The Kier molecular flexibility index (Phi) is 5.20. The summed E-state index contributed by atoms with van der Waals surface area (Å²) in [7, 11) is 0. The van der Waals surface area contributed by atoms with Gasteiger partial charge in [0, 0.05) is 24.1 Å². The van der Waals surface area contributed by atoms with Crippen molar-refractivity contribution in [3.05, 3.63) is 41.6 Å². The van der Waals surface area contributed by atoms with E-state index in [-0.39, 0.29) is 17.4 Å². The second-order valence-corrected chi connectivity index (χ2v) is 8.51. The molecular formula is C19H22F3N3OS. The van der Waals surface area contributed by atoms with E-state index in [2.05, 4.69) is 30.5 Å². The van der Waals surface area contributed by atoms with Crippen LogP contribution >= 0.6 is 11.5 Å². The van der Waals surface area contributed by atoms with Crippen molar-refractivity contribution in [3.8, 4) is 0 Å². The Morgan fingerprint density at radius 2 is 1.89 bits per heavy atom. The van der Waals surface area contributed by atoms with E-state index in [1.54, 1.807) is 4.90 Å². The van der Waals surface area contributed by atoms with Gasteiger partial charge in [-0.05, 0) is 48.3 Å². The molecule has 1 aliphatic rings. The van der Waals surface area contributed by atoms with Gasteiger partial charge in [-0.15, -0.1) is 0 Å². The number of amides is 1. The Bertz CT molecular complexity index is 809. The molecule has 1 atom stereocenters. The molecule has 1 unspecified atom stereocenters. The molecular weight excluding hydrogens is 375 g/mol. The van der Waals surface area contributed by atoms with Crippen LogP contribution in [-0.2, 0) is 16.4 Å². The number of nitrogens with zero attached hydrogens (tertiary/aromatic N) is 2. The molecule has 1 aromatic carbocycles. The molecule has 0 radical (unpaired) electrons. The average Bonchev–Trinajstić information content (AvgIpc) is 3.18. The van der Waals surface area contributed by atoms with E-state index in [1.807, 2.05) is 6.07 Å². The van der Waals surface area contributed by atoms with Gasteiger partial charge in [0.15, 0.2) is 0 Å². The summed E-state index contributed by atoms with van der Waals surface area (Å²) in [5, 5.41) is 4.24. The van der Waals surface area contributed by atoms with E-state index in [1.165, 1.54) is 23.7 Å². The number of benzene rings is 1. The number of alkyl halides is 3. The first kappa shape index (κ1) is 19.7. The van der Waals surface area contributed by atoms with Crippen molar-refractivity contribution in [3.63, 3.8) is 0 Å². The second kappa shape index (κ2) is 7.14. The molecule has 1 fully saturated rings. The highest BCUT2D eigenvalue weighted by molar-refractivity contribution is 7.10. The number of rotatable bonds is 4. The Labute approximate surface area is 160 Å². The van der Waals surface area contributed by atoms with Crippen molar-refractivity contribution in [1.29, 1.82) is 0 Å². The fourth-order valence-electron chi connectivity index (χ4n) is 3.03. The summed E-state index contributed by atoms with van der Waals surface area (Å²) < 4.78 is 42.7. The lowest BCUT2D eigenvalue weighted by molar-refractivity contribution is -0.137. The fourth-order valence-corrected chi connectivity index (χ4v) is 3.87. The van der Waals surface area contributed by atoms with E-state index in [0.29, 0.717) is 25.1 Å². The largest absolute Gasteiger partial charge is 0.416 e. The Hall–Kier alpha value is -2.09. The smallest absolute Gasteiger partial charge is 0.374 e. The van der Waals surface area contributed by atoms with Gasteiger partial charge in [-0.2, -0.15) is 17.5 Å². The lowest BCUT2D eigenvalue weighted by atomic mass is 9.92. The van der Waals surface area contributed by atoms with E-state index in [0.717, 1.165) is 22.8 Å². The number of carbonyl (C=O) groups is 1. The Morgan fingerprint density at radius 1 is 1.22 bits per heavy atom. The third kappa shape index (κ3) is 4.43. The summed E-state index contributed by atoms with van der Waals surface area (Å²) >= 11 is 1.37. The van der Waals surface area contributed by atoms with Gasteiger partial charge in [0.1, 0.15) is 5.00 Å². The minimum atomic E-state index is -4.38. The third-order valence-electron chi connectivity index (χ3n) is 4.59. The van der Waals surface area contributed by atoms with Crippen molar-refractivity contribution >= 4 is 28.1 Å². The molecule has 4 nitrogen and oxygen atoms in total. The highest BCUT2D eigenvalue weighted by atomic mass is 32.1. The molecule has 1 amide bonds. The molecule has 1 aromatic heterocycles. The molecule has 1 saturated heterocycles. The standard InChI is InChI=1S/C19H22F3N3OS/c1-18(2,3)15-10-16(27-24-15)23-11-14-8-9-17(26)25(14)13-6-4-12(5-7-13)19(20,21)22/h4-7,10,14,23H,8-9,11H2,1-3H3. The third-order valence-corrected chi connectivity index (χ3v) is 5.34. The van der Waals surface area contributed by atoms with Gasteiger partial charge in [-0.25, -0.2) is 0 Å². The summed E-state index contributed by atoms with van der Waals surface area (Å²) in [4.78, 5) is 13.9. The minimum Gasteiger partial charge on any atom is -0.374 e.